The smallest absolute Gasteiger partial charge is 0.410 e. The topological polar surface area (TPSA) is 132 Å². The molecule has 1 aromatic carbocycles. The molecule has 1 saturated heterocycles. The van der Waals surface area contributed by atoms with Crippen LogP contribution in [0.4, 0.5) is 9.18 Å². The summed E-state index contributed by atoms with van der Waals surface area (Å²) in [5, 5.41) is 17.0. The first-order valence-electron chi connectivity index (χ1n) is 13.8. The van der Waals surface area contributed by atoms with E-state index >= 15 is 4.39 Å². The van der Waals surface area contributed by atoms with Crippen molar-refractivity contribution in [3.63, 3.8) is 0 Å². The zero-order valence-electron chi connectivity index (χ0n) is 24.2. The molecule has 0 radical (unpaired) electrons. The molecule has 222 valence electrons. The van der Waals surface area contributed by atoms with Crippen LogP contribution in [0.2, 0.25) is 0 Å². The minimum Gasteiger partial charge on any atom is -0.491 e. The summed E-state index contributed by atoms with van der Waals surface area (Å²) in [4.78, 5) is 23.8. The molecule has 0 unspecified atom stereocenters. The summed E-state index contributed by atoms with van der Waals surface area (Å²) in [7, 11) is 1.73. The van der Waals surface area contributed by atoms with Crippen LogP contribution in [-0.2, 0) is 15.9 Å². The summed E-state index contributed by atoms with van der Waals surface area (Å²) >= 11 is 0. The van der Waals surface area contributed by atoms with Crippen molar-refractivity contribution in [3.05, 3.63) is 46.7 Å². The molecule has 2 aromatic heterocycles. The molecule has 41 heavy (non-hydrogen) atoms. The second kappa shape index (κ2) is 13.8. The number of benzene rings is 1. The number of aryl methyl sites for hydroxylation is 3. The lowest BCUT2D eigenvalue weighted by atomic mass is 9.99. The number of nitrogens with zero attached hydrogens (tertiary/aromatic N) is 4. The van der Waals surface area contributed by atoms with Crippen LogP contribution >= 0.6 is 0 Å². The Morgan fingerprint density at radius 1 is 1.29 bits per heavy atom. The number of aromatic nitrogens is 3. The molecule has 1 aliphatic rings. The van der Waals surface area contributed by atoms with Gasteiger partial charge in [-0.25, -0.2) is 19.2 Å². The normalized spacial score (nSPS) is 16.1. The van der Waals surface area contributed by atoms with E-state index in [1.807, 2.05) is 13.8 Å². The first kappa shape index (κ1) is 30.4. The molecular weight excluding hydrogens is 533 g/mol. The van der Waals surface area contributed by atoms with Gasteiger partial charge in [-0.3, -0.25) is 0 Å². The highest BCUT2D eigenvalue weighted by Gasteiger charge is 2.29. The summed E-state index contributed by atoms with van der Waals surface area (Å²) in [5.41, 5.74) is 3.66. The first-order chi connectivity index (χ1) is 19.7. The van der Waals surface area contributed by atoms with Gasteiger partial charge in [0, 0.05) is 18.8 Å². The highest BCUT2D eigenvalue weighted by molar-refractivity contribution is 5.71. The lowest BCUT2D eigenvalue weighted by molar-refractivity contribution is -0.0103. The van der Waals surface area contributed by atoms with Crippen molar-refractivity contribution in [3.8, 4) is 28.4 Å². The van der Waals surface area contributed by atoms with E-state index < -0.39 is 11.9 Å². The van der Waals surface area contributed by atoms with E-state index in [0.29, 0.717) is 74.3 Å². The molecule has 3 heterocycles. The third-order valence-corrected chi connectivity index (χ3v) is 7.02. The molecule has 3 aromatic rings. The second-order valence-electron chi connectivity index (χ2n) is 9.99. The van der Waals surface area contributed by atoms with E-state index in [2.05, 4.69) is 10.5 Å². The van der Waals surface area contributed by atoms with Crippen LogP contribution in [0.5, 0.6) is 5.75 Å². The number of carbonyl (C=O) groups excluding carboxylic acids is 1. The molecule has 12 heteroatoms. The summed E-state index contributed by atoms with van der Waals surface area (Å²) < 4.78 is 37.3. The van der Waals surface area contributed by atoms with Crippen molar-refractivity contribution in [2.75, 3.05) is 46.6 Å². The number of likely N-dealkylation sites (N-methyl/N-ethyl adjacent to an activating group) is 1. The van der Waals surface area contributed by atoms with Crippen LogP contribution in [0.1, 0.15) is 36.1 Å². The largest absolute Gasteiger partial charge is 0.491 e. The number of halogens is 1. The number of aliphatic hydroxyl groups excluding tert-OH is 1. The maximum Gasteiger partial charge on any atom is 0.410 e. The Bertz CT molecular complexity index is 1330. The minimum atomic E-state index is -0.722. The molecule has 1 fully saturated rings. The molecule has 1 aliphatic heterocycles. The lowest BCUT2D eigenvalue weighted by Crippen LogP contribution is -2.49. The molecule has 0 bridgehead atoms. The van der Waals surface area contributed by atoms with Crippen molar-refractivity contribution >= 4 is 6.09 Å². The maximum atomic E-state index is 15.2. The maximum absolute atomic E-state index is 15.2. The Hall–Kier alpha value is -3.61. The fourth-order valence-corrected chi connectivity index (χ4v) is 4.89. The van der Waals surface area contributed by atoms with E-state index in [-0.39, 0.29) is 30.1 Å². The Kier molecular flexibility index (Phi) is 10.2. The van der Waals surface area contributed by atoms with Crippen molar-refractivity contribution in [1.82, 2.24) is 25.3 Å². The van der Waals surface area contributed by atoms with Gasteiger partial charge in [-0.1, -0.05) is 5.16 Å². The SMILES string of the molecule is CCOC(=O)N1CCOC[C@@H]1CCc1nc(-c2cc(OC[C@@H](O)CNC)ccc2F)nc(-c2c(C)noc2C)c1C. The van der Waals surface area contributed by atoms with E-state index in [1.165, 1.54) is 18.2 Å². The van der Waals surface area contributed by atoms with E-state index in [1.54, 1.807) is 25.8 Å². The fourth-order valence-electron chi connectivity index (χ4n) is 4.89. The predicted octanol–water partition coefficient (Wildman–Crippen LogP) is 3.61. The third kappa shape index (κ3) is 7.19. The fraction of sp³-hybridized carbons (Fsp3) is 0.517. The zero-order valence-corrected chi connectivity index (χ0v) is 24.2. The number of hydrogen-bond acceptors (Lipinski definition) is 10. The van der Waals surface area contributed by atoms with Crippen molar-refractivity contribution in [2.24, 2.45) is 0 Å². The van der Waals surface area contributed by atoms with Crippen LogP contribution in [0.3, 0.4) is 0 Å². The number of hydrogen-bond donors (Lipinski definition) is 2. The number of rotatable bonds is 11. The number of nitrogens with one attached hydrogen (secondary N) is 1. The van der Waals surface area contributed by atoms with Gasteiger partial charge < -0.3 is 34.1 Å². The average molecular weight is 572 g/mol. The standard InChI is InChI=1S/C29H38FN5O6/c1-6-39-29(37)35-11-12-38-15-20(35)7-10-25-17(2)27(26-18(3)34-41-19(26)4)33-28(32-25)23-13-22(8-9-24(23)30)40-16-21(36)14-31-5/h8-9,13,20-21,31,36H,6-7,10-12,14-16H2,1-5H3/t20-,21-/m0/s1. The summed E-state index contributed by atoms with van der Waals surface area (Å²) in [6.07, 6.45) is -0.0437. The van der Waals surface area contributed by atoms with Crippen LogP contribution in [-0.4, -0.2) is 89.9 Å². The van der Waals surface area contributed by atoms with Gasteiger partial charge in [-0.2, -0.15) is 0 Å². The molecule has 2 N–H and O–H groups in total. The number of carbonyl (C=O) groups is 1. The molecule has 0 spiro atoms. The Labute approximate surface area is 239 Å². The van der Waals surface area contributed by atoms with Gasteiger partial charge in [-0.15, -0.1) is 0 Å². The van der Waals surface area contributed by atoms with Gasteiger partial charge in [0.1, 0.15) is 30.0 Å². The lowest BCUT2D eigenvalue weighted by Gasteiger charge is -2.34. The van der Waals surface area contributed by atoms with Crippen LogP contribution < -0.4 is 10.1 Å². The summed E-state index contributed by atoms with van der Waals surface area (Å²) in [6.45, 7) is 9.30. The molecular formula is C29H38FN5O6. The van der Waals surface area contributed by atoms with E-state index in [0.717, 1.165) is 11.1 Å². The minimum absolute atomic E-state index is 0.0384. The van der Waals surface area contributed by atoms with Gasteiger partial charge in [0.25, 0.3) is 0 Å². The molecule has 11 nitrogen and oxygen atoms in total. The van der Waals surface area contributed by atoms with Crippen LogP contribution in [0.15, 0.2) is 22.7 Å². The highest BCUT2D eigenvalue weighted by Crippen LogP contribution is 2.33. The van der Waals surface area contributed by atoms with E-state index in [9.17, 15) is 9.90 Å². The van der Waals surface area contributed by atoms with Gasteiger partial charge in [0.05, 0.1) is 48.4 Å². The Morgan fingerprint density at radius 2 is 2.10 bits per heavy atom. The number of aliphatic hydroxyl groups is 1. The monoisotopic (exact) mass is 571 g/mol. The average Bonchev–Trinajstić information content (AvgIpc) is 3.29. The molecule has 4 rings (SSSR count). The number of amides is 1. The quantitative estimate of drug-likeness (QED) is 0.352. The van der Waals surface area contributed by atoms with Gasteiger partial charge in [0.2, 0.25) is 0 Å². The zero-order chi connectivity index (χ0) is 29.5. The van der Waals surface area contributed by atoms with Gasteiger partial charge >= 0.3 is 6.09 Å². The Balaban J connectivity index is 1.70. The molecule has 0 saturated carbocycles. The van der Waals surface area contributed by atoms with Crippen molar-refractivity contribution < 1.29 is 33.0 Å². The summed E-state index contributed by atoms with van der Waals surface area (Å²) in [6, 6.07) is 4.14. The highest BCUT2D eigenvalue weighted by atomic mass is 19.1. The molecule has 0 aliphatic carbocycles. The second-order valence-corrected chi connectivity index (χ2v) is 9.99. The van der Waals surface area contributed by atoms with Gasteiger partial charge in [-0.05, 0) is 71.3 Å². The van der Waals surface area contributed by atoms with Crippen LogP contribution in [0, 0.1) is 26.6 Å². The predicted molar refractivity (Wildman–Crippen MR) is 149 cm³/mol. The number of morpholine rings is 1. The van der Waals surface area contributed by atoms with E-state index in [4.69, 9.17) is 28.7 Å². The Morgan fingerprint density at radius 3 is 2.80 bits per heavy atom. The van der Waals surface area contributed by atoms with Crippen molar-refractivity contribution in [1.29, 1.82) is 0 Å². The van der Waals surface area contributed by atoms with Crippen molar-refractivity contribution in [2.45, 2.75) is 52.7 Å². The molecule has 2 atom stereocenters. The number of ether oxygens (including phenoxy) is 3. The van der Waals surface area contributed by atoms with Crippen LogP contribution in [0.25, 0.3) is 22.6 Å². The molecule has 1 amide bonds. The first-order valence-corrected chi connectivity index (χ1v) is 13.8. The summed E-state index contributed by atoms with van der Waals surface area (Å²) in [5.74, 6) is 0.639. The third-order valence-electron chi connectivity index (χ3n) is 7.02. The van der Waals surface area contributed by atoms with Gasteiger partial charge in [0.15, 0.2) is 5.82 Å².